The molecule has 1 atom stereocenters. The standard InChI is InChI=1S/C12H15F3O3S/c1-19(17,18)8-2-3-11(16)9-4-6-10(7-5-9)12(13,14)15/h4-7,11,16H,2-3,8H2,1H3. The summed E-state index contributed by atoms with van der Waals surface area (Å²) >= 11 is 0. The zero-order chi connectivity index (χ0) is 14.7. The van der Waals surface area contributed by atoms with Gasteiger partial charge in [0.1, 0.15) is 9.84 Å². The molecule has 0 aliphatic carbocycles. The number of halogens is 3. The SMILES string of the molecule is CS(=O)(=O)CCCC(O)c1ccc(C(F)(F)F)cc1. The predicted octanol–water partition coefficient (Wildman–Crippen LogP) is 2.56. The molecular formula is C12H15F3O3S. The molecule has 0 radical (unpaired) electrons. The van der Waals surface area contributed by atoms with Crippen molar-refractivity contribution in [1.82, 2.24) is 0 Å². The molecule has 0 spiro atoms. The highest BCUT2D eigenvalue weighted by Crippen LogP contribution is 2.30. The van der Waals surface area contributed by atoms with E-state index in [4.69, 9.17) is 0 Å². The molecule has 1 aromatic carbocycles. The Morgan fingerprint density at radius 3 is 2.16 bits per heavy atom. The normalized spacial score (nSPS) is 14.4. The summed E-state index contributed by atoms with van der Waals surface area (Å²) in [4.78, 5) is 0. The van der Waals surface area contributed by atoms with Gasteiger partial charge in [-0.3, -0.25) is 0 Å². The monoisotopic (exact) mass is 296 g/mol. The van der Waals surface area contributed by atoms with E-state index < -0.39 is 27.7 Å². The maximum absolute atomic E-state index is 12.3. The molecule has 1 aromatic rings. The summed E-state index contributed by atoms with van der Waals surface area (Å²) in [7, 11) is -3.09. The fourth-order valence-corrected chi connectivity index (χ4v) is 2.29. The number of aliphatic hydroxyl groups excluding tert-OH is 1. The van der Waals surface area contributed by atoms with E-state index >= 15 is 0 Å². The van der Waals surface area contributed by atoms with Gasteiger partial charge in [-0.15, -0.1) is 0 Å². The predicted molar refractivity (Wildman–Crippen MR) is 65.3 cm³/mol. The molecule has 0 bridgehead atoms. The van der Waals surface area contributed by atoms with Gasteiger partial charge in [-0.25, -0.2) is 8.42 Å². The second-order valence-electron chi connectivity index (χ2n) is 4.41. The van der Waals surface area contributed by atoms with Crippen molar-refractivity contribution < 1.29 is 26.7 Å². The molecule has 1 rings (SSSR count). The minimum atomic E-state index is -4.40. The number of aliphatic hydroxyl groups is 1. The van der Waals surface area contributed by atoms with Crippen LogP contribution in [-0.2, 0) is 16.0 Å². The van der Waals surface area contributed by atoms with Crippen LogP contribution in [0.15, 0.2) is 24.3 Å². The Bertz CT molecular complexity index is 506. The van der Waals surface area contributed by atoms with E-state index in [9.17, 15) is 26.7 Å². The van der Waals surface area contributed by atoms with Crippen molar-refractivity contribution in [2.75, 3.05) is 12.0 Å². The molecule has 108 valence electrons. The molecule has 0 aliphatic heterocycles. The largest absolute Gasteiger partial charge is 0.416 e. The van der Waals surface area contributed by atoms with Crippen LogP contribution in [0.4, 0.5) is 13.2 Å². The lowest BCUT2D eigenvalue weighted by atomic mass is 10.0. The first-order chi connectivity index (χ1) is 8.59. The van der Waals surface area contributed by atoms with Gasteiger partial charge in [0.15, 0.2) is 0 Å². The summed E-state index contributed by atoms with van der Waals surface area (Å²) in [6.45, 7) is 0. The molecule has 0 saturated carbocycles. The van der Waals surface area contributed by atoms with Gasteiger partial charge >= 0.3 is 6.18 Å². The van der Waals surface area contributed by atoms with Crippen molar-refractivity contribution >= 4 is 9.84 Å². The maximum atomic E-state index is 12.3. The highest BCUT2D eigenvalue weighted by atomic mass is 32.2. The van der Waals surface area contributed by atoms with Gasteiger partial charge in [-0.2, -0.15) is 13.2 Å². The second kappa shape index (κ2) is 5.92. The topological polar surface area (TPSA) is 54.4 Å². The Morgan fingerprint density at radius 2 is 1.74 bits per heavy atom. The van der Waals surface area contributed by atoms with Crippen LogP contribution in [0.5, 0.6) is 0 Å². The van der Waals surface area contributed by atoms with E-state index in [0.717, 1.165) is 18.4 Å². The second-order valence-corrected chi connectivity index (χ2v) is 6.67. The highest BCUT2D eigenvalue weighted by Gasteiger charge is 2.30. The average molecular weight is 296 g/mol. The van der Waals surface area contributed by atoms with Crippen LogP contribution in [0.25, 0.3) is 0 Å². The van der Waals surface area contributed by atoms with E-state index in [2.05, 4.69) is 0 Å². The van der Waals surface area contributed by atoms with Crippen molar-refractivity contribution in [3.05, 3.63) is 35.4 Å². The Kier molecular flexibility index (Phi) is 4.98. The third-order valence-corrected chi connectivity index (χ3v) is 3.65. The summed E-state index contributed by atoms with van der Waals surface area (Å²) < 4.78 is 58.8. The summed E-state index contributed by atoms with van der Waals surface area (Å²) in [5.41, 5.74) is -0.430. The molecule has 0 aromatic heterocycles. The molecule has 7 heteroatoms. The zero-order valence-corrected chi connectivity index (χ0v) is 11.1. The maximum Gasteiger partial charge on any atom is 0.416 e. The lowest BCUT2D eigenvalue weighted by Crippen LogP contribution is -2.07. The first kappa shape index (κ1) is 16.0. The Hall–Kier alpha value is -1.08. The average Bonchev–Trinajstić information content (AvgIpc) is 2.26. The van der Waals surface area contributed by atoms with Gasteiger partial charge in [0.05, 0.1) is 11.7 Å². The number of rotatable bonds is 5. The molecule has 0 saturated heterocycles. The molecule has 0 fully saturated rings. The first-order valence-electron chi connectivity index (χ1n) is 5.62. The van der Waals surface area contributed by atoms with Gasteiger partial charge in [-0.05, 0) is 30.5 Å². The van der Waals surface area contributed by atoms with Crippen LogP contribution in [0, 0.1) is 0 Å². The molecular weight excluding hydrogens is 281 g/mol. The lowest BCUT2D eigenvalue weighted by Gasteiger charge is -2.12. The fourth-order valence-electron chi connectivity index (χ4n) is 1.60. The van der Waals surface area contributed by atoms with Crippen LogP contribution in [0.3, 0.4) is 0 Å². The van der Waals surface area contributed by atoms with Crippen molar-refractivity contribution in [2.24, 2.45) is 0 Å². The van der Waals surface area contributed by atoms with Gasteiger partial charge in [-0.1, -0.05) is 12.1 Å². The molecule has 0 amide bonds. The summed E-state index contributed by atoms with van der Waals surface area (Å²) in [5.74, 6) is -0.0509. The highest BCUT2D eigenvalue weighted by molar-refractivity contribution is 7.90. The van der Waals surface area contributed by atoms with Gasteiger partial charge in [0, 0.05) is 12.0 Å². The summed E-state index contributed by atoms with van der Waals surface area (Å²) in [5, 5.41) is 9.73. The quantitative estimate of drug-likeness (QED) is 0.908. The first-order valence-corrected chi connectivity index (χ1v) is 7.68. The van der Waals surface area contributed by atoms with Gasteiger partial charge in [0.25, 0.3) is 0 Å². The number of alkyl halides is 3. The third-order valence-electron chi connectivity index (χ3n) is 2.62. The lowest BCUT2D eigenvalue weighted by molar-refractivity contribution is -0.137. The van der Waals surface area contributed by atoms with Gasteiger partial charge < -0.3 is 5.11 Å². The molecule has 0 heterocycles. The van der Waals surface area contributed by atoms with Crippen LogP contribution < -0.4 is 0 Å². The van der Waals surface area contributed by atoms with Crippen molar-refractivity contribution in [2.45, 2.75) is 25.1 Å². The van der Waals surface area contributed by atoms with Crippen molar-refractivity contribution in [1.29, 1.82) is 0 Å². The Morgan fingerprint density at radius 1 is 1.21 bits per heavy atom. The molecule has 0 aliphatic rings. The number of sulfone groups is 1. The van der Waals surface area contributed by atoms with E-state index in [1.807, 2.05) is 0 Å². The van der Waals surface area contributed by atoms with Crippen molar-refractivity contribution in [3.8, 4) is 0 Å². The van der Waals surface area contributed by atoms with Gasteiger partial charge in [0.2, 0.25) is 0 Å². The van der Waals surface area contributed by atoms with Crippen LogP contribution in [0.2, 0.25) is 0 Å². The van der Waals surface area contributed by atoms with E-state index in [1.165, 1.54) is 12.1 Å². The minimum Gasteiger partial charge on any atom is -0.388 e. The van der Waals surface area contributed by atoms with Crippen LogP contribution in [-0.4, -0.2) is 25.5 Å². The number of hydrogen-bond acceptors (Lipinski definition) is 3. The molecule has 1 unspecified atom stereocenters. The van der Waals surface area contributed by atoms with E-state index in [-0.39, 0.29) is 18.6 Å². The Balaban J connectivity index is 2.61. The van der Waals surface area contributed by atoms with Crippen LogP contribution >= 0.6 is 0 Å². The smallest absolute Gasteiger partial charge is 0.388 e. The molecule has 1 N–H and O–H groups in total. The Labute approximate surface area is 110 Å². The number of benzene rings is 1. The fraction of sp³-hybridized carbons (Fsp3) is 0.500. The van der Waals surface area contributed by atoms with E-state index in [1.54, 1.807) is 0 Å². The summed E-state index contributed by atoms with van der Waals surface area (Å²) in [6, 6.07) is 4.20. The van der Waals surface area contributed by atoms with Crippen LogP contribution in [0.1, 0.15) is 30.1 Å². The summed E-state index contributed by atoms with van der Waals surface area (Å²) in [6.07, 6.45) is -3.81. The molecule has 3 nitrogen and oxygen atoms in total. The minimum absolute atomic E-state index is 0.0509. The zero-order valence-electron chi connectivity index (χ0n) is 10.3. The van der Waals surface area contributed by atoms with Crippen molar-refractivity contribution in [3.63, 3.8) is 0 Å². The van der Waals surface area contributed by atoms with E-state index in [0.29, 0.717) is 5.56 Å². The third kappa shape index (κ3) is 5.61. The molecule has 19 heavy (non-hydrogen) atoms. The number of hydrogen-bond donors (Lipinski definition) is 1.